The fraction of sp³-hybridized carbons (Fsp3) is 0.917. The van der Waals surface area contributed by atoms with E-state index in [4.69, 9.17) is 0 Å². The summed E-state index contributed by atoms with van der Waals surface area (Å²) >= 11 is 0. The predicted molar refractivity (Wildman–Crippen MR) is 64.7 cm³/mol. The van der Waals surface area contributed by atoms with Crippen molar-refractivity contribution in [1.29, 1.82) is 0 Å². The minimum atomic E-state index is -4.17. The van der Waals surface area contributed by atoms with Crippen molar-refractivity contribution in [3.63, 3.8) is 0 Å². The van der Waals surface area contributed by atoms with Crippen LogP contribution in [0, 0.1) is 0 Å². The third-order valence-corrected chi connectivity index (χ3v) is 3.82. The SMILES string of the molecule is C[C@@H]1CN(C(=O)[C@@H]2CCCN2)CCN1CC(F)(F)F. The van der Waals surface area contributed by atoms with Crippen LogP contribution in [0.2, 0.25) is 0 Å². The van der Waals surface area contributed by atoms with Crippen LogP contribution in [-0.2, 0) is 4.79 Å². The zero-order valence-corrected chi connectivity index (χ0v) is 11.0. The molecule has 110 valence electrons. The number of hydrogen-bond acceptors (Lipinski definition) is 3. The van der Waals surface area contributed by atoms with E-state index in [1.807, 2.05) is 0 Å². The number of carbonyl (C=O) groups excluding carboxylic acids is 1. The smallest absolute Gasteiger partial charge is 0.339 e. The van der Waals surface area contributed by atoms with E-state index in [1.165, 1.54) is 4.90 Å². The molecule has 0 saturated carbocycles. The first kappa shape index (κ1) is 14.6. The molecule has 2 fully saturated rings. The molecule has 0 bridgehead atoms. The highest BCUT2D eigenvalue weighted by Gasteiger charge is 2.37. The number of alkyl halides is 3. The first-order valence-corrected chi connectivity index (χ1v) is 6.70. The summed E-state index contributed by atoms with van der Waals surface area (Å²) in [5.41, 5.74) is 0. The van der Waals surface area contributed by atoms with Gasteiger partial charge in [-0.15, -0.1) is 0 Å². The summed E-state index contributed by atoms with van der Waals surface area (Å²) in [5.74, 6) is 0.0380. The number of nitrogens with zero attached hydrogens (tertiary/aromatic N) is 2. The van der Waals surface area contributed by atoms with Gasteiger partial charge in [-0.25, -0.2) is 0 Å². The number of piperazine rings is 1. The van der Waals surface area contributed by atoms with Crippen molar-refractivity contribution >= 4 is 5.91 Å². The summed E-state index contributed by atoms with van der Waals surface area (Å²) in [6, 6.07) is -0.387. The van der Waals surface area contributed by atoms with Gasteiger partial charge in [0.2, 0.25) is 5.91 Å². The van der Waals surface area contributed by atoms with E-state index in [1.54, 1.807) is 11.8 Å². The zero-order valence-electron chi connectivity index (χ0n) is 11.0. The molecule has 2 atom stereocenters. The van der Waals surface area contributed by atoms with Crippen molar-refractivity contribution in [2.75, 3.05) is 32.7 Å². The Morgan fingerprint density at radius 3 is 2.63 bits per heavy atom. The highest BCUT2D eigenvalue weighted by molar-refractivity contribution is 5.82. The quantitative estimate of drug-likeness (QED) is 0.813. The average Bonchev–Trinajstić information content (AvgIpc) is 2.82. The number of carbonyl (C=O) groups is 1. The number of rotatable bonds is 2. The molecule has 0 unspecified atom stereocenters. The van der Waals surface area contributed by atoms with Gasteiger partial charge in [-0.1, -0.05) is 0 Å². The Balaban J connectivity index is 1.87. The number of nitrogens with one attached hydrogen (secondary N) is 1. The molecule has 2 aliphatic heterocycles. The van der Waals surface area contributed by atoms with Crippen molar-refractivity contribution in [3.8, 4) is 0 Å². The lowest BCUT2D eigenvalue weighted by Gasteiger charge is -2.40. The van der Waals surface area contributed by atoms with E-state index < -0.39 is 12.7 Å². The van der Waals surface area contributed by atoms with Crippen molar-refractivity contribution in [2.24, 2.45) is 0 Å². The van der Waals surface area contributed by atoms with Crippen LogP contribution in [0.1, 0.15) is 19.8 Å². The fourth-order valence-electron chi connectivity index (χ4n) is 2.78. The second-order valence-electron chi connectivity index (χ2n) is 5.37. The maximum atomic E-state index is 12.4. The molecule has 2 aliphatic rings. The molecule has 0 radical (unpaired) electrons. The van der Waals surface area contributed by atoms with E-state index >= 15 is 0 Å². The van der Waals surface area contributed by atoms with E-state index in [-0.39, 0.29) is 18.0 Å². The van der Waals surface area contributed by atoms with Gasteiger partial charge in [-0.2, -0.15) is 13.2 Å². The largest absolute Gasteiger partial charge is 0.401 e. The number of halogens is 3. The highest BCUT2D eigenvalue weighted by Crippen LogP contribution is 2.21. The van der Waals surface area contributed by atoms with Gasteiger partial charge in [-0.3, -0.25) is 9.69 Å². The Morgan fingerprint density at radius 1 is 1.37 bits per heavy atom. The lowest BCUT2D eigenvalue weighted by molar-refractivity contribution is -0.158. The Labute approximate surface area is 110 Å². The van der Waals surface area contributed by atoms with Crippen LogP contribution in [-0.4, -0.2) is 66.7 Å². The second kappa shape index (κ2) is 5.66. The molecule has 1 N–H and O–H groups in total. The minimum Gasteiger partial charge on any atom is -0.339 e. The molecule has 0 aromatic rings. The summed E-state index contributed by atoms with van der Waals surface area (Å²) in [4.78, 5) is 15.3. The predicted octanol–water partition coefficient (Wildman–Crippen LogP) is 0.833. The van der Waals surface area contributed by atoms with Gasteiger partial charge in [0.05, 0.1) is 12.6 Å². The van der Waals surface area contributed by atoms with Crippen LogP contribution in [0.25, 0.3) is 0 Å². The molecule has 2 heterocycles. The Hall–Kier alpha value is -0.820. The standard InChI is InChI=1S/C12H20F3N3O/c1-9-7-17(11(19)10-3-2-4-16-10)5-6-18(9)8-12(13,14)15/h9-10,16H,2-8H2,1H3/t9-,10+/m1/s1. The second-order valence-corrected chi connectivity index (χ2v) is 5.37. The van der Waals surface area contributed by atoms with E-state index in [0.29, 0.717) is 19.6 Å². The molecule has 4 nitrogen and oxygen atoms in total. The molecule has 0 aliphatic carbocycles. The van der Waals surface area contributed by atoms with Gasteiger partial charge in [0.25, 0.3) is 0 Å². The summed E-state index contributed by atoms with van der Waals surface area (Å²) in [7, 11) is 0. The van der Waals surface area contributed by atoms with Crippen molar-refractivity contribution in [1.82, 2.24) is 15.1 Å². The topological polar surface area (TPSA) is 35.6 Å². The maximum Gasteiger partial charge on any atom is 0.401 e. The average molecular weight is 279 g/mol. The highest BCUT2D eigenvalue weighted by atomic mass is 19.4. The van der Waals surface area contributed by atoms with Crippen molar-refractivity contribution < 1.29 is 18.0 Å². The first-order valence-electron chi connectivity index (χ1n) is 6.70. The summed E-state index contributed by atoms with van der Waals surface area (Å²) in [5, 5.41) is 3.13. The minimum absolute atomic E-state index is 0.0380. The monoisotopic (exact) mass is 279 g/mol. The number of amides is 1. The van der Waals surface area contributed by atoms with Gasteiger partial charge in [0, 0.05) is 25.7 Å². The molecule has 2 rings (SSSR count). The van der Waals surface area contributed by atoms with Gasteiger partial charge in [-0.05, 0) is 26.3 Å². The fourth-order valence-corrected chi connectivity index (χ4v) is 2.78. The third kappa shape index (κ3) is 3.82. The van der Waals surface area contributed by atoms with Gasteiger partial charge >= 0.3 is 6.18 Å². The van der Waals surface area contributed by atoms with Crippen LogP contribution in [0.5, 0.6) is 0 Å². The van der Waals surface area contributed by atoms with Crippen molar-refractivity contribution in [3.05, 3.63) is 0 Å². The maximum absolute atomic E-state index is 12.4. The molecule has 0 spiro atoms. The molecule has 7 heteroatoms. The third-order valence-electron chi connectivity index (χ3n) is 3.82. The van der Waals surface area contributed by atoms with Crippen LogP contribution >= 0.6 is 0 Å². The van der Waals surface area contributed by atoms with Gasteiger partial charge in [0.15, 0.2) is 0 Å². The van der Waals surface area contributed by atoms with E-state index in [9.17, 15) is 18.0 Å². The summed E-state index contributed by atoms with van der Waals surface area (Å²) < 4.78 is 37.1. The van der Waals surface area contributed by atoms with Crippen LogP contribution in [0.15, 0.2) is 0 Å². The van der Waals surface area contributed by atoms with Crippen molar-refractivity contribution in [2.45, 2.75) is 38.0 Å². The molecule has 19 heavy (non-hydrogen) atoms. The summed E-state index contributed by atoms with van der Waals surface area (Å²) in [6.07, 6.45) is -2.36. The Kier molecular flexibility index (Phi) is 4.35. The number of hydrogen-bond donors (Lipinski definition) is 1. The van der Waals surface area contributed by atoms with Crippen LogP contribution in [0.4, 0.5) is 13.2 Å². The lowest BCUT2D eigenvalue weighted by Crippen LogP contribution is -2.58. The van der Waals surface area contributed by atoms with Crippen LogP contribution in [0.3, 0.4) is 0 Å². The summed E-state index contributed by atoms with van der Waals surface area (Å²) in [6.45, 7) is 2.76. The zero-order chi connectivity index (χ0) is 14.0. The molecule has 1 amide bonds. The Morgan fingerprint density at radius 2 is 2.11 bits per heavy atom. The molecule has 0 aromatic heterocycles. The molecular formula is C12H20F3N3O. The lowest BCUT2D eigenvalue weighted by atomic mass is 10.1. The Bertz CT molecular complexity index is 329. The van der Waals surface area contributed by atoms with E-state index in [2.05, 4.69) is 5.32 Å². The molecule has 0 aromatic carbocycles. The molecule has 2 saturated heterocycles. The van der Waals surface area contributed by atoms with Crippen LogP contribution < -0.4 is 5.32 Å². The first-order chi connectivity index (χ1) is 8.87. The normalized spacial score (nSPS) is 29.8. The van der Waals surface area contributed by atoms with E-state index in [0.717, 1.165) is 19.4 Å². The molecular weight excluding hydrogens is 259 g/mol. The van der Waals surface area contributed by atoms with Gasteiger partial charge < -0.3 is 10.2 Å². The van der Waals surface area contributed by atoms with Gasteiger partial charge in [0.1, 0.15) is 0 Å².